The van der Waals surface area contributed by atoms with E-state index in [2.05, 4.69) is 26.3 Å². The number of carbonyl (C=O) groups excluding carboxylic acids is 1. The van der Waals surface area contributed by atoms with Crippen molar-refractivity contribution in [1.82, 2.24) is 9.97 Å². The van der Waals surface area contributed by atoms with Crippen LogP contribution in [0.4, 0.5) is 18.9 Å². The lowest BCUT2D eigenvalue weighted by molar-refractivity contribution is -0.141. The normalized spacial score (nSPS) is 11.9. The number of anilines is 1. The molecule has 10 heteroatoms. The molecule has 2 aromatic heterocycles. The predicted octanol–water partition coefficient (Wildman–Crippen LogP) is 4.60. The van der Waals surface area contributed by atoms with Gasteiger partial charge in [0.25, 0.3) is 5.91 Å². The predicted molar refractivity (Wildman–Crippen MR) is 123 cm³/mol. The molecule has 0 atom stereocenters. The molecule has 0 aliphatic rings. The van der Waals surface area contributed by atoms with Gasteiger partial charge in [0.1, 0.15) is 11.8 Å². The molecule has 1 aromatic carbocycles. The number of nitrogens with one attached hydrogen (secondary N) is 1. The quantitative estimate of drug-likeness (QED) is 0.536. The van der Waals surface area contributed by atoms with Crippen molar-refractivity contribution in [1.29, 1.82) is 5.26 Å². The maximum atomic E-state index is 12.9. The van der Waals surface area contributed by atoms with Crippen molar-refractivity contribution in [3.05, 3.63) is 83.1 Å². The van der Waals surface area contributed by atoms with Crippen molar-refractivity contribution < 1.29 is 18.0 Å². The van der Waals surface area contributed by atoms with E-state index in [-0.39, 0.29) is 11.1 Å². The standard InChI is InChI=1S/C24H19F3N6O/c1-14-3-4-19(33-23(34)15-5-6-31-21(8-15)24(25,26)27)9-20(14)17-7-16(10-28)22(32-13-17)18(11-29)12-30-2/h3-9,11-13H,29H2,1-2H3,(H,33,34). The number of nitrogens with zero attached hydrogens (tertiary/aromatic N) is 4. The molecule has 0 unspecified atom stereocenters. The Morgan fingerprint density at radius 1 is 1.21 bits per heavy atom. The van der Waals surface area contributed by atoms with Crippen molar-refractivity contribution in [2.24, 2.45) is 10.7 Å². The Balaban J connectivity index is 1.94. The van der Waals surface area contributed by atoms with Crippen LogP contribution in [0.15, 0.2) is 60.0 Å². The monoisotopic (exact) mass is 464 g/mol. The van der Waals surface area contributed by atoms with E-state index in [1.807, 2.05) is 6.92 Å². The Labute approximate surface area is 193 Å². The third kappa shape index (κ3) is 5.27. The Bertz CT molecular complexity index is 1340. The molecular weight excluding hydrogens is 445 g/mol. The highest BCUT2D eigenvalue weighted by Crippen LogP contribution is 2.30. The minimum Gasteiger partial charge on any atom is -0.404 e. The van der Waals surface area contributed by atoms with E-state index < -0.39 is 17.8 Å². The van der Waals surface area contributed by atoms with Crippen LogP contribution in [0.1, 0.15) is 32.9 Å². The number of carbonyl (C=O) groups is 1. The number of pyridine rings is 2. The van der Waals surface area contributed by atoms with Crippen LogP contribution >= 0.6 is 0 Å². The van der Waals surface area contributed by atoms with Gasteiger partial charge in [0.05, 0.1) is 11.3 Å². The SMILES string of the molecule is CN=CC(=CN)c1ncc(-c2cc(NC(=O)c3ccnc(C(F)(F)F)c3)ccc2C)cc1C#N. The number of hydrogen-bond acceptors (Lipinski definition) is 6. The van der Waals surface area contributed by atoms with E-state index in [9.17, 15) is 23.2 Å². The largest absolute Gasteiger partial charge is 0.433 e. The second-order valence-corrected chi connectivity index (χ2v) is 7.15. The Kier molecular flexibility index (Phi) is 7.06. The maximum absolute atomic E-state index is 12.9. The lowest BCUT2D eigenvalue weighted by atomic mass is 9.98. The number of amides is 1. The molecule has 0 saturated carbocycles. The first-order valence-corrected chi connectivity index (χ1v) is 9.88. The van der Waals surface area contributed by atoms with Gasteiger partial charge in [-0.3, -0.25) is 19.8 Å². The van der Waals surface area contributed by atoms with E-state index in [1.54, 1.807) is 37.5 Å². The average Bonchev–Trinajstić information content (AvgIpc) is 2.83. The molecule has 34 heavy (non-hydrogen) atoms. The minimum absolute atomic E-state index is 0.180. The maximum Gasteiger partial charge on any atom is 0.433 e. The van der Waals surface area contributed by atoms with E-state index in [1.165, 1.54) is 18.5 Å². The minimum atomic E-state index is -4.66. The summed E-state index contributed by atoms with van der Waals surface area (Å²) in [6, 6.07) is 10.7. The third-order valence-electron chi connectivity index (χ3n) is 4.85. The van der Waals surface area contributed by atoms with E-state index in [0.717, 1.165) is 11.8 Å². The summed E-state index contributed by atoms with van der Waals surface area (Å²) >= 11 is 0. The number of rotatable bonds is 5. The van der Waals surface area contributed by atoms with Gasteiger partial charge in [0.15, 0.2) is 0 Å². The molecule has 7 nitrogen and oxygen atoms in total. The zero-order chi connectivity index (χ0) is 24.9. The highest BCUT2D eigenvalue weighted by atomic mass is 19.4. The number of alkyl halides is 3. The number of halogens is 3. The third-order valence-corrected chi connectivity index (χ3v) is 4.85. The lowest BCUT2D eigenvalue weighted by Gasteiger charge is -2.12. The fourth-order valence-electron chi connectivity index (χ4n) is 3.19. The molecule has 0 radical (unpaired) electrons. The molecule has 0 fully saturated rings. The number of allylic oxidation sites excluding steroid dienone is 1. The first kappa shape index (κ1) is 24.1. The number of hydrogen-bond donors (Lipinski definition) is 2. The number of aromatic nitrogens is 2. The Morgan fingerprint density at radius 3 is 2.62 bits per heavy atom. The second-order valence-electron chi connectivity index (χ2n) is 7.15. The number of benzene rings is 1. The fourth-order valence-corrected chi connectivity index (χ4v) is 3.19. The summed E-state index contributed by atoms with van der Waals surface area (Å²) in [6.45, 7) is 1.84. The van der Waals surface area contributed by atoms with Crippen molar-refractivity contribution in [3.63, 3.8) is 0 Å². The summed E-state index contributed by atoms with van der Waals surface area (Å²) in [6.07, 6.45) is 0.638. The van der Waals surface area contributed by atoms with Crippen molar-refractivity contribution >= 4 is 23.4 Å². The van der Waals surface area contributed by atoms with Crippen molar-refractivity contribution in [3.8, 4) is 17.2 Å². The topological polar surface area (TPSA) is 117 Å². The summed E-state index contributed by atoms with van der Waals surface area (Å²) in [4.78, 5) is 24.1. The van der Waals surface area contributed by atoms with Gasteiger partial charge in [0, 0.05) is 54.2 Å². The van der Waals surface area contributed by atoms with Gasteiger partial charge in [0.2, 0.25) is 0 Å². The zero-order valence-corrected chi connectivity index (χ0v) is 18.2. The van der Waals surface area contributed by atoms with Gasteiger partial charge in [-0.05, 0) is 48.4 Å². The molecule has 0 saturated heterocycles. The van der Waals surface area contributed by atoms with Gasteiger partial charge in [-0.1, -0.05) is 6.07 Å². The molecule has 0 spiro atoms. The van der Waals surface area contributed by atoms with Gasteiger partial charge in [-0.2, -0.15) is 18.4 Å². The summed E-state index contributed by atoms with van der Waals surface area (Å²) in [7, 11) is 1.57. The van der Waals surface area contributed by atoms with Gasteiger partial charge < -0.3 is 11.1 Å². The zero-order valence-electron chi connectivity index (χ0n) is 18.2. The van der Waals surface area contributed by atoms with E-state index in [4.69, 9.17) is 5.73 Å². The summed E-state index contributed by atoms with van der Waals surface area (Å²) in [5.74, 6) is -0.717. The summed E-state index contributed by atoms with van der Waals surface area (Å²) < 4.78 is 38.7. The van der Waals surface area contributed by atoms with Crippen LogP contribution in [-0.4, -0.2) is 29.1 Å². The fraction of sp³-hybridized carbons (Fsp3) is 0.125. The number of aryl methyl sites for hydroxylation is 1. The first-order valence-electron chi connectivity index (χ1n) is 9.88. The van der Waals surface area contributed by atoms with Crippen molar-refractivity contribution in [2.75, 3.05) is 12.4 Å². The number of nitrogens with two attached hydrogens (primary N) is 1. The van der Waals surface area contributed by atoms with E-state index >= 15 is 0 Å². The smallest absolute Gasteiger partial charge is 0.404 e. The molecule has 3 rings (SSSR count). The highest BCUT2D eigenvalue weighted by molar-refractivity contribution is 6.09. The van der Waals surface area contributed by atoms with Gasteiger partial charge >= 0.3 is 6.18 Å². The van der Waals surface area contributed by atoms with Gasteiger partial charge in [-0.15, -0.1) is 0 Å². The average molecular weight is 464 g/mol. The van der Waals surface area contributed by atoms with Gasteiger partial charge in [-0.25, -0.2) is 0 Å². The molecule has 2 heterocycles. The molecule has 0 aliphatic carbocycles. The number of nitriles is 1. The molecule has 172 valence electrons. The molecule has 3 aromatic rings. The molecular formula is C24H19F3N6O. The molecule has 0 aliphatic heterocycles. The summed E-state index contributed by atoms with van der Waals surface area (Å²) in [5, 5.41) is 12.2. The molecule has 3 N–H and O–H groups in total. The van der Waals surface area contributed by atoms with Crippen LogP contribution in [0, 0.1) is 18.3 Å². The van der Waals surface area contributed by atoms with Crippen LogP contribution < -0.4 is 11.1 Å². The van der Waals surface area contributed by atoms with Crippen LogP contribution in [0.3, 0.4) is 0 Å². The number of aliphatic imine (C=N–C) groups is 1. The Hall–Kier alpha value is -4.52. The second kappa shape index (κ2) is 9.95. The lowest BCUT2D eigenvalue weighted by Crippen LogP contribution is -2.15. The highest BCUT2D eigenvalue weighted by Gasteiger charge is 2.33. The van der Waals surface area contributed by atoms with Crippen LogP contribution in [0.5, 0.6) is 0 Å². The van der Waals surface area contributed by atoms with Crippen LogP contribution in [0.25, 0.3) is 16.7 Å². The molecule has 1 amide bonds. The van der Waals surface area contributed by atoms with Crippen LogP contribution in [0.2, 0.25) is 0 Å². The van der Waals surface area contributed by atoms with Crippen LogP contribution in [-0.2, 0) is 6.18 Å². The van der Waals surface area contributed by atoms with E-state index in [0.29, 0.717) is 34.1 Å². The summed E-state index contributed by atoms with van der Waals surface area (Å²) in [5.41, 5.74) is 7.92. The first-order chi connectivity index (χ1) is 16.2. The Morgan fingerprint density at radius 2 is 1.97 bits per heavy atom. The van der Waals surface area contributed by atoms with Crippen molar-refractivity contribution in [2.45, 2.75) is 13.1 Å². The molecule has 0 bridgehead atoms.